The third-order valence-corrected chi connectivity index (χ3v) is 5.36. The molecule has 2 aromatic heterocycles. The van der Waals surface area contributed by atoms with Gasteiger partial charge in [0.15, 0.2) is 0 Å². The Morgan fingerprint density at radius 1 is 1.20 bits per heavy atom. The molecule has 2 heterocycles. The third-order valence-electron chi connectivity index (χ3n) is 3.83. The summed E-state index contributed by atoms with van der Waals surface area (Å²) in [6.45, 7) is 5.79. The lowest BCUT2D eigenvalue weighted by molar-refractivity contribution is 0.0283. The first-order valence-corrected chi connectivity index (χ1v) is 10.8. The Kier molecular flexibility index (Phi) is 6.95. The minimum atomic E-state index is -0.565. The van der Waals surface area contributed by atoms with Gasteiger partial charge in [0, 0.05) is 18.1 Å². The molecule has 0 atom stereocenters. The largest absolute Gasteiger partial charge is 0.444 e. The van der Waals surface area contributed by atoms with E-state index in [-0.39, 0.29) is 0 Å². The van der Waals surface area contributed by atoms with Gasteiger partial charge in [0.1, 0.15) is 15.8 Å². The van der Waals surface area contributed by atoms with Crippen LogP contribution in [0.5, 0.6) is 0 Å². The van der Waals surface area contributed by atoms with Gasteiger partial charge in [-0.2, -0.15) is 5.10 Å². The number of hydrogen-bond donors (Lipinski definition) is 0. The number of para-hydroxylation sites is 1. The number of carbonyl (C=O) groups excluding carboxylic acids is 1. The monoisotopic (exact) mass is 464 g/mol. The summed E-state index contributed by atoms with van der Waals surface area (Å²) in [7, 11) is 1.68. The van der Waals surface area contributed by atoms with E-state index in [1.165, 1.54) is 16.7 Å². The summed E-state index contributed by atoms with van der Waals surface area (Å²) in [4.78, 5) is 18.8. The maximum absolute atomic E-state index is 12.3. The number of ether oxygens (including phenoxy) is 1. The summed E-state index contributed by atoms with van der Waals surface area (Å²) in [6, 6.07) is 13.0. The molecule has 1 amide bonds. The van der Waals surface area contributed by atoms with Crippen molar-refractivity contribution in [2.45, 2.75) is 42.8 Å². The number of halogens is 2. The van der Waals surface area contributed by atoms with Crippen molar-refractivity contribution >= 4 is 41.1 Å². The molecule has 3 aromatic rings. The van der Waals surface area contributed by atoms with Crippen molar-refractivity contribution < 1.29 is 9.53 Å². The van der Waals surface area contributed by atoms with Crippen LogP contribution < -0.4 is 0 Å². The van der Waals surface area contributed by atoms with E-state index in [0.29, 0.717) is 22.4 Å². The van der Waals surface area contributed by atoms with Gasteiger partial charge in [0.2, 0.25) is 0 Å². The average Bonchev–Trinajstić information content (AvgIpc) is 3.04. The molecule has 0 radical (unpaired) electrons. The van der Waals surface area contributed by atoms with Crippen LogP contribution in [0.2, 0.25) is 10.2 Å². The van der Waals surface area contributed by atoms with Crippen LogP contribution >= 0.6 is 35.0 Å². The fraction of sp³-hybridized carbons (Fsp3) is 0.286. The van der Waals surface area contributed by atoms with Gasteiger partial charge in [-0.05, 0) is 51.1 Å². The zero-order valence-corrected chi connectivity index (χ0v) is 19.4. The topological polar surface area (TPSA) is 60.2 Å². The van der Waals surface area contributed by atoms with Crippen LogP contribution in [-0.4, -0.2) is 38.4 Å². The van der Waals surface area contributed by atoms with Crippen molar-refractivity contribution in [1.82, 2.24) is 19.7 Å². The molecular formula is C21H22Cl2N4O2S. The van der Waals surface area contributed by atoms with Crippen molar-refractivity contribution in [3.8, 4) is 5.69 Å². The summed E-state index contributed by atoms with van der Waals surface area (Å²) in [5.41, 5.74) is 0.882. The second-order valence-corrected chi connectivity index (χ2v) is 9.48. The Morgan fingerprint density at radius 2 is 1.93 bits per heavy atom. The number of hydrogen-bond acceptors (Lipinski definition) is 5. The van der Waals surface area contributed by atoms with Gasteiger partial charge in [0.25, 0.3) is 0 Å². The number of amides is 1. The lowest BCUT2D eigenvalue weighted by Gasteiger charge is -2.24. The Morgan fingerprint density at radius 3 is 2.57 bits per heavy atom. The van der Waals surface area contributed by atoms with Gasteiger partial charge < -0.3 is 9.64 Å². The number of nitrogens with zero attached hydrogens (tertiary/aromatic N) is 4. The zero-order valence-electron chi connectivity index (χ0n) is 17.1. The summed E-state index contributed by atoms with van der Waals surface area (Å²) in [5, 5.41) is 6.52. The molecule has 0 saturated heterocycles. The Balaban J connectivity index is 1.91. The molecule has 0 fully saturated rings. The summed E-state index contributed by atoms with van der Waals surface area (Å²) in [6.07, 6.45) is 1.29. The molecule has 0 saturated carbocycles. The van der Waals surface area contributed by atoms with Gasteiger partial charge in [0.05, 0.1) is 22.9 Å². The van der Waals surface area contributed by atoms with Crippen molar-refractivity contribution in [3.05, 3.63) is 64.5 Å². The predicted octanol–water partition coefficient (Wildman–Crippen LogP) is 6.09. The SMILES string of the molecule is CN(Cc1cc(Sc2ccc(Cl)nc2)n(-c2ccccc2Cl)n1)C(=O)OC(C)(C)C. The third kappa shape index (κ3) is 5.90. The molecule has 0 unspecified atom stereocenters. The Hall–Kier alpha value is -2.22. The lowest BCUT2D eigenvalue weighted by atomic mass is 10.2. The van der Waals surface area contributed by atoms with Crippen LogP contribution in [-0.2, 0) is 11.3 Å². The number of benzene rings is 1. The molecule has 6 nitrogen and oxygen atoms in total. The summed E-state index contributed by atoms with van der Waals surface area (Å²) in [5.74, 6) is 0. The van der Waals surface area contributed by atoms with Gasteiger partial charge in [-0.15, -0.1) is 0 Å². The quantitative estimate of drug-likeness (QED) is 0.427. The van der Waals surface area contributed by atoms with E-state index in [4.69, 9.17) is 27.9 Å². The standard InChI is InChI=1S/C21H22Cl2N4O2S/c1-21(2,3)29-20(28)26(4)13-14-11-19(30-15-9-10-18(23)24-12-15)27(25-14)17-8-6-5-7-16(17)22/h5-12H,13H2,1-4H3. The van der Waals surface area contributed by atoms with Crippen LogP contribution in [0.15, 0.2) is 58.6 Å². The van der Waals surface area contributed by atoms with Crippen molar-refractivity contribution in [2.24, 2.45) is 0 Å². The van der Waals surface area contributed by atoms with E-state index in [1.54, 1.807) is 24.0 Å². The molecule has 0 aliphatic rings. The van der Waals surface area contributed by atoms with E-state index in [1.807, 2.05) is 57.2 Å². The molecule has 0 bridgehead atoms. The van der Waals surface area contributed by atoms with Crippen LogP contribution in [0, 0.1) is 0 Å². The molecule has 1 aromatic carbocycles. The Labute approximate surface area is 190 Å². The molecule has 9 heteroatoms. The highest BCUT2D eigenvalue weighted by atomic mass is 35.5. The molecule has 0 spiro atoms. The van der Waals surface area contributed by atoms with E-state index in [9.17, 15) is 4.79 Å². The van der Waals surface area contributed by atoms with E-state index >= 15 is 0 Å². The van der Waals surface area contributed by atoms with Gasteiger partial charge in [-0.1, -0.05) is 47.1 Å². The minimum Gasteiger partial charge on any atom is -0.444 e. The van der Waals surface area contributed by atoms with Crippen molar-refractivity contribution in [1.29, 1.82) is 0 Å². The van der Waals surface area contributed by atoms with Crippen LogP contribution in [0.25, 0.3) is 5.69 Å². The highest BCUT2D eigenvalue weighted by molar-refractivity contribution is 7.99. The first-order valence-electron chi connectivity index (χ1n) is 9.20. The minimum absolute atomic E-state index is 0.290. The normalized spacial score (nSPS) is 11.4. The van der Waals surface area contributed by atoms with E-state index in [2.05, 4.69) is 10.1 Å². The second-order valence-electron chi connectivity index (χ2n) is 7.59. The molecule has 0 aliphatic heterocycles. The van der Waals surface area contributed by atoms with E-state index < -0.39 is 11.7 Å². The first-order chi connectivity index (χ1) is 14.1. The van der Waals surface area contributed by atoms with Gasteiger partial charge in [-0.25, -0.2) is 14.5 Å². The van der Waals surface area contributed by atoms with Crippen molar-refractivity contribution in [3.63, 3.8) is 0 Å². The van der Waals surface area contributed by atoms with Crippen LogP contribution in [0.1, 0.15) is 26.5 Å². The van der Waals surface area contributed by atoms with Crippen LogP contribution in [0.4, 0.5) is 4.79 Å². The summed E-state index contributed by atoms with van der Waals surface area (Å²) >= 11 is 13.8. The highest BCUT2D eigenvalue weighted by Gasteiger charge is 2.21. The maximum Gasteiger partial charge on any atom is 0.410 e. The second kappa shape index (κ2) is 9.29. The molecule has 3 rings (SSSR count). The first kappa shape index (κ1) is 22.5. The number of pyridine rings is 1. The van der Waals surface area contributed by atoms with Crippen LogP contribution in [0.3, 0.4) is 0 Å². The molecule has 0 aliphatic carbocycles. The van der Waals surface area contributed by atoms with Gasteiger partial charge >= 0.3 is 6.09 Å². The molecular weight excluding hydrogens is 443 g/mol. The van der Waals surface area contributed by atoms with Crippen molar-refractivity contribution in [2.75, 3.05) is 7.05 Å². The fourth-order valence-electron chi connectivity index (χ4n) is 2.55. The number of carbonyl (C=O) groups is 1. The fourth-order valence-corrected chi connectivity index (χ4v) is 3.78. The molecule has 0 N–H and O–H groups in total. The average molecular weight is 465 g/mol. The van der Waals surface area contributed by atoms with E-state index in [0.717, 1.165) is 15.6 Å². The highest BCUT2D eigenvalue weighted by Crippen LogP contribution is 2.32. The number of aromatic nitrogens is 3. The molecule has 30 heavy (non-hydrogen) atoms. The maximum atomic E-state index is 12.3. The lowest BCUT2D eigenvalue weighted by Crippen LogP contribution is -2.33. The smallest absolute Gasteiger partial charge is 0.410 e. The number of rotatable bonds is 5. The Bertz CT molecular complexity index is 1030. The zero-order chi connectivity index (χ0) is 21.9. The predicted molar refractivity (Wildman–Crippen MR) is 120 cm³/mol. The summed E-state index contributed by atoms with van der Waals surface area (Å²) < 4.78 is 7.19. The van der Waals surface area contributed by atoms with Gasteiger partial charge in [-0.3, -0.25) is 0 Å². The molecule has 158 valence electrons.